The van der Waals surface area contributed by atoms with Gasteiger partial charge in [0.05, 0.1) is 0 Å². The van der Waals surface area contributed by atoms with Crippen molar-refractivity contribution in [3.63, 3.8) is 0 Å². The molecule has 1 aromatic carbocycles. The maximum Gasteiger partial charge on any atom is 0.0214 e. The molecule has 0 fully saturated rings. The molecule has 1 nitrogen and oxygen atoms in total. The third kappa shape index (κ3) is 4.11. The molecule has 74 valence electrons. The first-order chi connectivity index (χ1) is 6.83. The molecular formula is C13H17N. The zero-order valence-corrected chi connectivity index (χ0v) is 8.93. The molecule has 0 aliphatic carbocycles. The van der Waals surface area contributed by atoms with Crippen LogP contribution in [0, 0.1) is 18.8 Å². The molecule has 0 aromatic heterocycles. The van der Waals surface area contributed by atoms with Crippen molar-refractivity contribution in [2.24, 2.45) is 0 Å². The molecule has 0 aliphatic heterocycles. The van der Waals surface area contributed by atoms with E-state index in [1.807, 2.05) is 6.92 Å². The zero-order chi connectivity index (χ0) is 10.2. The van der Waals surface area contributed by atoms with Gasteiger partial charge in [-0.2, -0.15) is 0 Å². The van der Waals surface area contributed by atoms with Crippen molar-refractivity contribution in [1.29, 1.82) is 0 Å². The number of rotatable bonds is 4. The molecule has 0 amide bonds. The summed E-state index contributed by atoms with van der Waals surface area (Å²) in [7, 11) is 0. The average Bonchev–Trinajstić information content (AvgIpc) is 2.18. The smallest absolute Gasteiger partial charge is 0.0214 e. The van der Waals surface area contributed by atoms with Gasteiger partial charge >= 0.3 is 0 Å². The first-order valence-corrected chi connectivity index (χ1v) is 4.99. The number of hydrogen-bond donors (Lipinski definition) is 1. The van der Waals surface area contributed by atoms with Crippen molar-refractivity contribution in [2.75, 3.05) is 6.54 Å². The summed E-state index contributed by atoms with van der Waals surface area (Å²) in [6, 6.07) is 8.56. The van der Waals surface area contributed by atoms with Gasteiger partial charge in [0.2, 0.25) is 0 Å². The van der Waals surface area contributed by atoms with Crippen molar-refractivity contribution in [3.8, 4) is 11.8 Å². The van der Waals surface area contributed by atoms with Crippen molar-refractivity contribution in [1.82, 2.24) is 5.32 Å². The summed E-state index contributed by atoms with van der Waals surface area (Å²) < 4.78 is 0. The van der Waals surface area contributed by atoms with E-state index in [1.165, 1.54) is 11.1 Å². The summed E-state index contributed by atoms with van der Waals surface area (Å²) >= 11 is 0. The number of benzene rings is 1. The predicted octanol–water partition coefficient (Wildman–Crippen LogP) is 2.50. The Balaban J connectivity index is 2.27. The van der Waals surface area contributed by atoms with Gasteiger partial charge < -0.3 is 5.32 Å². The summed E-state index contributed by atoms with van der Waals surface area (Å²) in [5.41, 5.74) is 2.66. The summed E-state index contributed by atoms with van der Waals surface area (Å²) in [5, 5.41) is 3.36. The normalized spacial score (nSPS) is 9.29. The Bertz CT molecular complexity index is 331. The molecule has 0 atom stereocenters. The van der Waals surface area contributed by atoms with Crippen LogP contribution in [0.25, 0.3) is 0 Å². The Morgan fingerprint density at radius 2 is 2.21 bits per heavy atom. The minimum atomic E-state index is 0.933. The van der Waals surface area contributed by atoms with Gasteiger partial charge in [0.1, 0.15) is 0 Å². The van der Waals surface area contributed by atoms with Gasteiger partial charge in [0.15, 0.2) is 0 Å². The first-order valence-electron chi connectivity index (χ1n) is 4.99. The molecule has 0 aliphatic rings. The lowest BCUT2D eigenvalue weighted by Crippen LogP contribution is -2.14. The molecule has 14 heavy (non-hydrogen) atoms. The van der Waals surface area contributed by atoms with E-state index in [0.717, 1.165) is 19.5 Å². The van der Waals surface area contributed by atoms with Gasteiger partial charge in [-0.15, -0.1) is 11.8 Å². The fourth-order valence-corrected chi connectivity index (χ4v) is 1.33. The van der Waals surface area contributed by atoms with Crippen molar-refractivity contribution >= 4 is 0 Å². The van der Waals surface area contributed by atoms with Crippen molar-refractivity contribution in [2.45, 2.75) is 26.8 Å². The fraction of sp³-hybridized carbons (Fsp3) is 0.385. The lowest BCUT2D eigenvalue weighted by molar-refractivity contribution is 0.701. The van der Waals surface area contributed by atoms with Crippen LogP contribution in [0.1, 0.15) is 24.5 Å². The van der Waals surface area contributed by atoms with E-state index in [4.69, 9.17) is 0 Å². The third-order valence-corrected chi connectivity index (χ3v) is 2.02. The SMILES string of the molecule is CC#CCCNCc1cccc(C)c1. The van der Waals surface area contributed by atoms with Crippen molar-refractivity contribution in [3.05, 3.63) is 35.4 Å². The summed E-state index contributed by atoms with van der Waals surface area (Å²) in [6.07, 6.45) is 0.933. The van der Waals surface area contributed by atoms with Gasteiger partial charge in [0.25, 0.3) is 0 Å². The quantitative estimate of drug-likeness (QED) is 0.564. The molecular weight excluding hydrogens is 170 g/mol. The predicted molar refractivity (Wildman–Crippen MR) is 61.0 cm³/mol. The molecule has 0 heterocycles. The largest absolute Gasteiger partial charge is 0.312 e. The Hall–Kier alpha value is -1.26. The minimum absolute atomic E-state index is 0.933. The van der Waals surface area contributed by atoms with E-state index in [1.54, 1.807) is 0 Å². The Morgan fingerprint density at radius 3 is 2.93 bits per heavy atom. The maximum atomic E-state index is 3.36. The average molecular weight is 187 g/mol. The monoisotopic (exact) mass is 187 g/mol. The zero-order valence-electron chi connectivity index (χ0n) is 8.93. The van der Waals surface area contributed by atoms with Gasteiger partial charge in [-0.25, -0.2) is 0 Å². The molecule has 0 unspecified atom stereocenters. The van der Waals surface area contributed by atoms with E-state index >= 15 is 0 Å². The van der Waals surface area contributed by atoms with Crippen LogP contribution in [0.3, 0.4) is 0 Å². The lowest BCUT2D eigenvalue weighted by Gasteiger charge is -2.03. The molecule has 0 radical (unpaired) electrons. The second-order valence-electron chi connectivity index (χ2n) is 3.34. The van der Waals surface area contributed by atoms with E-state index in [-0.39, 0.29) is 0 Å². The topological polar surface area (TPSA) is 12.0 Å². The van der Waals surface area contributed by atoms with Crippen LogP contribution in [-0.2, 0) is 6.54 Å². The van der Waals surface area contributed by atoms with Crippen LogP contribution in [0.5, 0.6) is 0 Å². The maximum absolute atomic E-state index is 3.36. The van der Waals surface area contributed by atoms with Crippen LogP contribution in [0.4, 0.5) is 0 Å². The van der Waals surface area contributed by atoms with E-state index in [0.29, 0.717) is 0 Å². The van der Waals surface area contributed by atoms with Crippen LogP contribution >= 0.6 is 0 Å². The Morgan fingerprint density at radius 1 is 1.36 bits per heavy atom. The van der Waals surface area contributed by atoms with Crippen LogP contribution in [0.15, 0.2) is 24.3 Å². The van der Waals surface area contributed by atoms with Crippen LogP contribution < -0.4 is 5.32 Å². The number of nitrogens with one attached hydrogen (secondary N) is 1. The van der Waals surface area contributed by atoms with E-state index in [9.17, 15) is 0 Å². The molecule has 1 aromatic rings. The lowest BCUT2D eigenvalue weighted by atomic mass is 10.1. The van der Waals surface area contributed by atoms with E-state index < -0.39 is 0 Å². The van der Waals surface area contributed by atoms with E-state index in [2.05, 4.69) is 48.3 Å². The first kappa shape index (κ1) is 10.8. The Labute approximate surface area is 86.5 Å². The fourth-order valence-electron chi connectivity index (χ4n) is 1.33. The van der Waals surface area contributed by atoms with Gasteiger partial charge in [-0.3, -0.25) is 0 Å². The Kier molecular flexibility index (Phi) is 4.82. The summed E-state index contributed by atoms with van der Waals surface area (Å²) in [4.78, 5) is 0. The molecule has 0 spiro atoms. The highest BCUT2D eigenvalue weighted by Crippen LogP contribution is 2.02. The second-order valence-corrected chi connectivity index (χ2v) is 3.34. The highest BCUT2D eigenvalue weighted by atomic mass is 14.8. The van der Waals surface area contributed by atoms with Gasteiger partial charge in [-0.05, 0) is 19.4 Å². The number of hydrogen-bond acceptors (Lipinski definition) is 1. The minimum Gasteiger partial charge on any atom is -0.312 e. The highest BCUT2D eigenvalue weighted by molar-refractivity contribution is 5.21. The van der Waals surface area contributed by atoms with Gasteiger partial charge in [0, 0.05) is 19.5 Å². The second kappa shape index (κ2) is 6.23. The standard InChI is InChI=1S/C13H17N/c1-3-4-5-9-14-11-13-8-6-7-12(2)10-13/h6-8,10,14H,5,9,11H2,1-2H3. The van der Waals surface area contributed by atoms with Crippen molar-refractivity contribution < 1.29 is 0 Å². The van der Waals surface area contributed by atoms with Crippen LogP contribution in [0.2, 0.25) is 0 Å². The van der Waals surface area contributed by atoms with Gasteiger partial charge in [-0.1, -0.05) is 29.8 Å². The summed E-state index contributed by atoms with van der Waals surface area (Å²) in [6.45, 7) is 5.90. The highest BCUT2D eigenvalue weighted by Gasteiger charge is 1.91. The molecule has 0 bridgehead atoms. The summed E-state index contributed by atoms with van der Waals surface area (Å²) in [5.74, 6) is 5.92. The number of aryl methyl sites for hydroxylation is 1. The molecule has 1 rings (SSSR count). The molecule has 1 heteroatoms. The molecule has 0 saturated heterocycles. The molecule has 0 saturated carbocycles. The third-order valence-electron chi connectivity index (χ3n) is 2.02. The van der Waals surface area contributed by atoms with Crippen LogP contribution in [-0.4, -0.2) is 6.54 Å². The molecule has 1 N–H and O–H groups in total.